The minimum absolute atomic E-state index is 0.0899. The van der Waals surface area contributed by atoms with Crippen molar-refractivity contribution in [2.75, 3.05) is 19.8 Å². The van der Waals surface area contributed by atoms with E-state index in [4.69, 9.17) is 18.5 Å². The molecule has 6 atom stereocenters. The van der Waals surface area contributed by atoms with Crippen LogP contribution < -0.4 is 0 Å². The van der Waals surface area contributed by atoms with E-state index in [0.717, 1.165) is 96.3 Å². The van der Waals surface area contributed by atoms with E-state index in [2.05, 4.69) is 74.6 Å². The van der Waals surface area contributed by atoms with Crippen LogP contribution in [0.2, 0.25) is 0 Å². The van der Waals surface area contributed by atoms with Crippen LogP contribution in [-0.2, 0) is 27.9 Å². The lowest BCUT2D eigenvalue weighted by atomic mass is 9.85. The highest BCUT2D eigenvalue weighted by Crippen LogP contribution is 2.47. The van der Waals surface area contributed by atoms with Crippen molar-refractivity contribution in [1.29, 1.82) is 0 Å². The normalized spacial score (nSPS) is 22.7. The summed E-state index contributed by atoms with van der Waals surface area (Å²) < 4.78 is 34.2. The lowest BCUT2D eigenvalue weighted by Gasteiger charge is -2.41. The van der Waals surface area contributed by atoms with Gasteiger partial charge in [-0.3, -0.25) is 13.8 Å². The molecule has 1 saturated carbocycles. The Balaban J connectivity index is 2.40. The van der Waals surface area contributed by atoms with Gasteiger partial charge in [-0.15, -0.1) is 0 Å². The molecule has 1 fully saturated rings. The van der Waals surface area contributed by atoms with E-state index in [1.165, 1.54) is 51.4 Å². The van der Waals surface area contributed by atoms with Crippen LogP contribution in [0.15, 0.2) is 60.8 Å². The lowest BCUT2D eigenvalue weighted by Crippen LogP contribution is -2.64. The Hall–Kier alpha value is -1.96. The summed E-state index contributed by atoms with van der Waals surface area (Å²) in [6, 6.07) is 0. The molecule has 0 amide bonds. The molecule has 1 aliphatic carbocycles. The van der Waals surface area contributed by atoms with Crippen molar-refractivity contribution in [2.24, 2.45) is 0 Å². The van der Waals surface area contributed by atoms with Gasteiger partial charge in [0.25, 0.3) is 0 Å². The number of phosphoric ester groups is 1. The molecule has 0 saturated heterocycles. The minimum Gasteiger partial charge on any atom is -0.457 e. The minimum atomic E-state index is -5.03. The molecular formula is C48H85O12P. The van der Waals surface area contributed by atoms with Crippen molar-refractivity contribution in [3.63, 3.8) is 0 Å². The number of allylic oxidation sites excluding steroid dienone is 10. The number of carbonyl (C=O) groups excluding carboxylic acids is 1. The molecule has 6 N–H and O–H groups in total. The Morgan fingerprint density at radius 3 is 1.48 bits per heavy atom. The number of unbranched alkanes of at least 4 members (excludes halogenated alkanes) is 17. The summed E-state index contributed by atoms with van der Waals surface area (Å²) in [5, 5.41) is 50.2. The van der Waals surface area contributed by atoms with Gasteiger partial charge in [0, 0.05) is 13.0 Å². The molecule has 0 aliphatic heterocycles. The standard InChI is InChI=1S/C48H85O12P/c1-3-5-7-9-11-13-15-17-19-21-22-24-26-28-30-32-34-36-38-57-39-41(40-58-61(55,56)60-48-46(53)44(51)43(50)45(52)47(48)54)59-42(49)37-35-33-31-29-27-25-23-20-18-16-14-12-10-8-6-4-2/h5,7,11,13-14,16-17,19-20,23,41,43-48,50-54H,3-4,6,8-10,12,15,18,21-22,24-40H2,1-2H3,(H,55,56)/b7-5-,13-11-,16-14-,19-17-,23-20-. The zero-order chi connectivity index (χ0) is 44.8. The zero-order valence-electron chi connectivity index (χ0n) is 37.7. The number of esters is 1. The first-order valence-electron chi connectivity index (χ1n) is 23.6. The highest BCUT2D eigenvalue weighted by atomic mass is 31.2. The number of ether oxygens (including phenoxy) is 2. The van der Waals surface area contributed by atoms with Crippen LogP contribution in [0.25, 0.3) is 0 Å². The Kier molecular flexibility index (Phi) is 36.0. The van der Waals surface area contributed by atoms with Crippen LogP contribution in [0.4, 0.5) is 0 Å². The molecule has 354 valence electrons. The number of hydrogen-bond acceptors (Lipinski definition) is 11. The fraction of sp³-hybridized carbons (Fsp3) is 0.771. The smallest absolute Gasteiger partial charge is 0.457 e. The highest BCUT2D eigenvalue weighted by molar-refractivity contribution is 7.47. The van der Waals surface area contributed by atoms with Gasteiger partial charge in [-0.25, -0.2) is 4.57 Å². The van der Waals surface area contributed by atoms with Gasteiger partial charge >= 0.3 is 13.8 Å². The molecule has 1 aliphatic rings. The van der Waals surface area contributed by atoms with E-state index in [9.17, 15) is 39.8 Å². The predicted octanol–water partition coefficient (Wildman–Crippen LogP) is 9.81. The van der Waals surface area contributed by atoms with E-state index in [-0.39, 0.29) is 13.0 Å². The molecule has 1 rings (SSSR count). The van der Waals surface area contributed by atoms with Crippen LogP contribution in [0.3, 0.4) is 0 Å². The van der Waals surface area contributed by atoms with Crippen molar-refractivity contribution in [3.8, 4) is 0 Å². The third-order valence-corrected chi connectivity index (χ3v) is 11.6. The third kappa shape index (κ3) is 30.7. The van der Waals surface area contributed by atoms with E-state index in [1.54, 1.807) is 0 Å². The molecule has 0 aromatic carbocycles. The summed E-state index contributed by atoms with van der Waals surface area (Å²) in [4.78, 5) is 23.2. The van der Waals surface area contributed by atoms with Gasteiger partial charge < -0.3 is 39.9 Å². The third-order valence-electron chi connectivity index (χ3n) is 10.6. The zero-order valence-corrected chi connectivity index (χ0v) is 38.6. The molecule has 61 heavy (non-hydrogen) atoms. The van der Waals surface area contributed by atoms with Crippen molar-refractivity contribution in [2.45, 2.75) is 217 Å². The molecule has 0 aromatic heterocycles. The second kappa shape index (κ2) is 38.5. The van der Waals surface area contributed by atoms with Crippen LogP contribution in [0.5, 0.6) is 0 Å². The summed E-state index contributed by atoms with van der Waals surface area (Å²) in [6.07, 6.45) is 35.7. The summed E-state index contributed by atoms with van der Waals surface area (Å²) in [5.74, 6) is -0.496. The van der Waals surface area contributed by atoms with Crippen LogP contribution in [0, 0.1) is 0 Å². The molecule has 0 heterocycles. The first-order chi connectivity index (χ1) is 29.5. The van der Waals surface area contributed by atoms with Crippen molar-refractivity contribution >= 4 is 13.8 Å². The van der Waals surface area contributed by atoms with Crippen LogP contribution in [0.1, 0.15) is 174 Å². The second-order valence-electron chi connectivity index (χ2n) is 16.2. The van der Waals surface area contributed by atoms with Crippen LogP contribution in [-0.4, -0.2) is 98.9 Å². The topological polar surface area (TPSA) is 192 Å². The van der Waals surface area contributed by atoms with Crippen molar-refractivity contribution < 1.29 is 58.3 Å². The van der Waals surface area contributed by atoms with Gasteiger partial charge in [0.1, 0.15) is 42.7 Å². The van der Waals surface area contributed by atoms with E-state index < -0.39 is 63.1 Å². The summed E-state index contributed by atoms with van der Waals surface area (Å²) in [7, 11) is -5.03. The number of hydrogen-bond donors (Lipinski definition) is 6. The molecule has 13 heteroatoms. The molecule has 0 spiro atoms. The van der Waals surface area contributed by atoms with Gasteiger partial charge in [-0.05, 0) is 77.0 Å². The van der Waals surface area contributed by atoms with Gasteiger partial charge in [-0.1, -0.05) is 152 Å². The fourth-order valence-electron chi connectivity index (χ4n) is 6.87. The van der Waals surface area contributed by atoms with E-state index in [0.29, 0.717) is 13.0 Å². The number of aliphatic hydroxyl groups excluding tert-OH is 5. The maximum absolute atomic E-state index is 12.8. The van der Waals surface area contributed by atoms with Crippen molar-refractivity contribution in [3.05, 3.63) is 60.8 Å². The maximum Gasteiger partial charge on any atom is 0.472 e. The van der Waals surface area contributed by atoms with E-state index >= 15 is 0 Å². The lowest BCUT2D eigenvalue weighted by molar-refractivity contribution is -0.220. The maximum atomic E-state index is 12.8. The summed E-state index contributed by atoms with van der Waals surface area (Å²) in [6.45, 7) is 4.10. The molecule has 0 aromatic rings. The average molecular weight is 885 g/mol. The quantitative estimate of drug-likeness (QED) is 0.0148. The Bertz CT molecular complexity index is 1240. The number of phosphoric acid groups is 1. The van der Waals surface area contributed by atoms with Crippen LogP contribution >= 0.6 is 7.82 Å². The second-order valence-corrected chi connectivity index (χ2v) is 17.6. The Morgan fingerprint density at radius 1 is 0.541 bits per heavy atom. The van der Waals surface area contributed by atoms with E-state index in [1.807, 2.05) is 0 Å². The van der Waals surface area contributed by atoms with Gasteiger partial charge in [0.2, 0.25) is 0 Å². The monoisotopic (exact) mass is 885 g/mol. The number of rotatable bonds is 39. The van der Waals surface area contributed by atoms with Gasteiger partial charge in [0.05, 0.1) is 13.2 Å². The first-order valence-corrected chi connectivity index (χ1v) is 25.1. The molecular weight excluding hydrogens is 799 g/mol. The molecule has 12 nitrogen and oxygen atoms in total. The molecule has 6 unspecified atom stereocenters. The predicted molar refractivity (Wildman–Crippen MR) is 244 cm³/mol. The Labute approximate surface area is 368 Å². The summed E-state index contributed by atoms with van der Waals surface area (Å²) >= 11 is 0. The first kappa shape index (κ1) is 57.1. The Morgan fingerprint density at radius 2 is 0.967 bits per heavy atom. The molecule has 0 radical (unpaired) electrons. The van der Waals surface area contributed by atoms with Gasteiger partial charge in [0.15, 0.2) is 0 Å². The number of aliphatic hydroxyl groups is 5. The number of carbonyl (C=O) groups is 1. The largest absolute Gasteiger partial charge is 0.472 e. The summed E-state index contributed by atoms with van der Waals surface area (Å²) in [5.41, 5.74) is 0. The average Bonchev–Trinajstić information content (AvgIpc) is 3.24. The van der Waals surface area contributed by atoms with Crippen molar-refractivity contribution in [1.82, 2.24) is 0 Å². The molecule has 0 bridgehead atoms. The SMILES string of the molecule is CC/C=C\C/C=C\C/C=C\CCCCCCCCCCOCC(COP(=O)(O)OC1C(O)C(O)C(O)C(O)C1O)OC(=O)CCCCCCC/C=C\C/C=C\CCCCCC. The fourth-order valence-corrected chi connectivity index (χ4v) is 7.84. The highest BCUT2D eigenvalue weighted by Gasteiger charge is 2.51. The van der Waals surface area contributed by atoms with Gasteiger partial charge in [-0.2, -0.15) is 0 Å².